The standard InChI is InChI=1S/C9H13ClN4O2/c1-6(10)8(15)13-3-4-14-7(5-13)11-12(2)9(14)16/h6H,3-5H2,1-2H3. The molecule has 2 heterocycles. The minimum atomic E-state index is -0.540. The summed E-state index contributed by atoms with van der Waals surface area (Å²) >= 11 is 5.74. The van der Waals surface area contributed by atoms with Crippen LogP contribution in [0.5, 0.6) is 0 Å². The molecule has 16 heavy (non-hydrogen) atoms. The van der Waals surface area contributed by atoms with Crippen molar-refractivity contribution in [3.63, 3.8) is 0 Å². The number of carbonyl (C=O) groups is 1. The molecule has 0 N–H and O–H groups in total. The summed E-state index contributed by atoms with van der Waals surface area (Å²) in [5, 5.41) is 3.53. The second-order valence-electron chi connectivity index (χ2n) is 3.85. The Hall–Kier alpha value is -1.30. The zero-order valence-corrected chi connectivity index (χ0v) is 9.94. The number of aromatic nitrogens is 3. The fraction of sp³-hybridized carbons (Fsp3) is 0.667. The number of rotatable bonds is 1. The number of alkyl halides is 1. The van der Waals surface area contributed by atoms with Gasteiger partial charge >= 0.3 is 5.69 Å². The van der Waals surface area contributed by atoms with Crippen molar-refractivity contribution >= 4 is 17.5 Å². The largest absolute Gasteiger partial charge is 0.345 e. The van der Waals surface area contributed by atoms with Gasteiger partial charge in [-0.15, -0.1) is 11.6 Å². The topological polar surface area (TPSA) is 60.1 Å². The molecule has 0 saturated heterocycles. The van der Waals surface area contributed by atoms with Gasteiger partial charge in [0.15, 0.2) is 5.82 Å². The Morgan fingerprint density at radius 1 is 1.50 bits per heavy atom. The predicted octanol–water partition coefficient (Wildman–Crippen LogP) is -0.449. The molecule has 1 atom stereocenters. The third-order valence-electron chi connectivity index (χ3n) is 2.66. The molecule has 0 aromatic carbocycles. The van der Waals surface area contributed by atoms with Crippen LogP contribution in [0.4, 0.5) is 0 Å². The van der Waals surface area contributed by atoms with Gasteiger partial charge in [0.1, 0.15) is 5.38 Å². The molecule has 1 unspecified atom stereocenters. The van der Waals surface area contributed by atoms with Crippen LogP contribution >= 0.6 is 11.6 Å². The lowest BCUT2D eigenvalue weighted by Gasteiger charge is -2.27. The normalized spacial score (nSPS) is 17.1. The van der Waals surface area contributed by atoms with Crippen LogP contribution in [0.25, 0.3) is 0 Å². The van der Waals surface area contributed by atoms with Crippen LogP contribution in [0.1, 0.15) is 12.7 Å². The molecule has 1 aromatic heterocycles. The predicted molar refractivity (Wildman–Crippen MR) is 58.2 cm³/mol. The van der Waals surface area contributed by atoms with Gasteiger partial charge in [-0.25, -0.2) is 9.48 Å². The van der Waals surface area contributed by atoms with Crippen LogP contribution in [-0.2, 0) is 24.9 Å². The first-order valence-corrected chi connectivity index (χ1v) is 5.50. The van der Waals surface area contributed by atoms with Crippen molar-refractivity contribution in [1.29, 1.82) is 0 Å². The molecule has 88 valence electrons. The first kappa shape index (κ1) is 11.2. The van der Waals surface area contributed by atoms with Crippen molar-refractivity contribution < 1.29 is 4.79 Å². The number of amides is 1. The highest BCUT2D eigenvalue weighted by Gasteiger charge is 2.26. The molecule has 2 rings (SSSR count). The van der Waals surface area contributed by atoms with E-state index in [0.717, 1.165) is 0 Å². The van der Waals surface area contributed by atoms with Crippen molar-refractivity contribution in [2.24, 2.45) is 7.05 Å². The summed E-state index contributed by atoms with van der Waals surface area (Å²) in [6, 6.07) is 0. The van der Waals surface area contributed by atoms with Crippen molar-refractivity contribution in [3.05, 3.63) is 16.3 Å². The van der Waals surface area contributed by atoms with Gasteiger partial charge in [0.25, 0.3) is 0 Å². The van der Waals surface area contributed by atoms with E-state index in [1.807, 2.05) is 0 Å². The third-order valence-corrected chi connectivity index (χ3v) is 2.85. The summed E-state index contributed by atoms with van der Waals surface area (Å²) in [7, 11) is 1.60. The van der Waals surface area contributed by atoms with Crippen LogP contribution in [0.3, 0.4) is 0 Å². The molecule has 0 aliphatic carbocycles. The molecule has 7 heteroatoms. The van der Waals surface area contributed by atoms with Gasteiger partial charge < -0.3 is 4.90 Å². The van der Waals surface area contributed by atoms with Crippen LogP contribution in [0.2, 0.25) is 0 Å². The highest BCUT2D eigenvalue weighted by atomic mass is 35.5. The molecule has 1 aromatic rings. The van der Waals surface area contributed by atoms with E-state index in [9.17, 15) is 9.59 Å². The van der Waals surface area contributed by atoms with Crippen LogP contribution < -0.4 is 5.69 Å². The molecular formula is C9H13ClN4O2. The van der Waals surface area contributed by atoms with Crippen LogP contribution in [0.15, 0.2) is 4.79 Å². The second kappa shape index (κ2) is 3.93. The maximum atomic E-state index is 11.7. The van der Waals surface area contributed by atoms with E-state index in [1.165, 1.54) is 4.68 Å². The number of hydrogen-bond acceptors (Lipinski definition) is 3. The molecule has 0 fully saturated rings. The Morgan fingerprint density at radius 2 is 2.19 bits per heavy atom. The molecule has 6 nitrogen and oxygen atoms in total. The van der Waals surface area contributed by atoms with Gasteiger partial charge in [-0.2, -0.15) is 5.10 Å². The van der Waals surface area contributed by atoms with Crippen molar-refractivity contribution in [1.82, 2.24) is 19.2 Å². The molecule has 0 spiro atoms. The number of hydrogen-bond donors (Lipinski definition) is 0. The monoisotopic (exact) mass is 244 g/mol. The van der Waals surface area contributed by atoms with E-state index in [1.54, 1.807) is 23.4 Å². The van der Waals surface area contributed by atoms with Gasteiger partial charge in [-0.1, -0.05) is 0 Å². The quantitative estimate of drug-likeness (QED) is 0.629. The van der Waals surface area contributed by atoms with E-state index in [4.69, 9.17) is 11.6 Å². The Labute approximate surface area is 97.4 Å². The highest BCUT2D eigenvalue weighted by molar-refractivity contribution is 6.30. The number of aryl methyl sites for hydroxylation is 1. The van der Waals surface area contributed by atoms with Crippen molar-refractivity contribution in [3.8, 4) is 0 Å². The molecule has 1 amide bonds. The summed E-state index contributed by atoms with van der Waals surface area (Å²) in [6.45, 7) is 2.99. The maximum Gasteiger partial charge on any atom is 0.345 e. The Morgan fingerprint density at radius 3 is 2.81 bits per heavy atom. The van der Waals surface area contributed by atoms with Crippen molar-refractivity contribution in [2.75, 3.05) is 6.54 Å². The summed E-state index contributed by atoms with van der Waals surface area (Å²) in [5.74, 6) is 0.496. The summed E-state index contributed by atoms with van der Waals surface area (Å²) in [4.78, 5) is 24.9. The second-order valence-corrected chi connectivity index (χ2v) is 4.50. The van der Waals surface area contributed by atoms with E-state index in [0.29, 0.717) is 25.5 Å². The smallest absolute Gasteiger partial charge is 0.332 e. The summed E-state index contributed by atoms with van der Waals surface area (Å²) < 4.78 is 2.87. The Balaban J connectivity index is 2.25. The lowest BCUT2D eigenvalue weighted by atomic mass is 10.3. The number of nitrogens with zero attached hydrogens (tertiary/aromatic N) is 4. The van der Waals surface area contributed by atoms with E-state index in [-0.39, 0.29) is 11.6 Å². The van der Waals surface area contributed by atoms with Crippen LogP contribution in [-0.4, -0.2) is 37.1 Å². The minimum Gasteiger partial charge on any atom is -0.332 e. The molecule has 0 radical (unpaired) electrons. The van der Waals surface area contributed by atoms with E-state index in [2.05, 4.69) is 5.10 Å². The number of halogens is 1. The zero-order chi connectivity index (χ0) is 11.9. The van der Waals surface area contributed by atoms with Crippen LogP contribution in [0, 0.1) is 0 Å². The number of fused-ring (bicyclic) bond motifs is 1. The molecule has 0 saturated carbocycles. The third kappa shape index (κ3) is 1.73. The lowest BCUT2D eigenvalue weighted by Crippen LogP contribution is -2.43. The Kier molecular flexibility index (Phi) is 2.75. The lowest BCUT2D eigenvalue weighted by molar-refractivity contribution is -0.132. The fourth-order valence-corrected chi connectivity index (χ4v) is 1.94. The van der Waals surface area contributed by atoms with Gasteiger partial charge in [0.05, 0.1) is 6.54 Å². The summed E-state index contributed by atoms with van der Waals surface area (Å²) in [6.07, 6.45) is 0. The minimum absolute atomic E-state index is 0.119. The Bertz CT molecular complexity index is 476. The average Bonchev–Trinajstić information content (AvgIpc) is 2.53. The van der Waals surface area contributed by atoms with Gasteiger partial charge in [0.2, 0.25) is 5.91 Å². The zero-order valence-electron chi connectivity index (χ0n) is 9.18. The first-order valence-electron chi connectivity index (χ1n) is 5.06. The molecule has 0 bridgehead atoms. The molecule has 1 aliphatic rings. The highest BCUT2D eigenvalue weighted by Crippen LogP contribution is 2.10. The van der Waals surface area contributed by atoms with Crippen molar-refractivity contribution in [2.45, 2.75) is 25.4 Å². The van der Waals surface area contributed by atoms with Gasteiger partial charge in [0, 0.05) is 20.1 Å². The van der Waals surface area contributed by atoms with E-state index >= 15 is 0 Å². The SMILES string of the molecule is CC(Cl)C(=O)N1CCn2c(nn(C)c2=O)C1. The fourth-order valence-electron chi connectivity index (χ4n) is 1.81. The van der Waals surface area contributed by atoms with E-state index < -0.39 is 5.38 Å². The first-order chi connectivity index (χ1) is 7.50. The summed E-state index contributed by atoms with van der Waals surface area (Å²) in [5.41, 5.74) is -0.138. The molecule has 1 aliphatic heterocycles. The van der Waals surface area contributed by atoms with Gasteiger partial charge in [-0.05, 0) is 6.92 Å². The average molecular weight is 245 g/mol. The molecular weight excluding hydrogens is 232 g/mol. The van der Waals surface area contributed by atoms with Gasteiger partial charge in [-0.3, -0.25) is 9.36 Å². The number of carbonyl (C=O) groups excluding carboxylic acids is 1. The maximum absolute atomic E-state index is 11.7.